The van der Waals surface area contributed by atoms with E-state index in [0.717, 1.165) is 12.8 Å². The maximum atomic E-state index is 13.1. The second-order valence-corrected chi connectivity index (χ2v) is 8.05. The van der Waals surface area contributed by atoms with E-state index in [0.29, 0.717) is 24.7 Å². The summed E-state index contributed by atoms with van der Waals surface area (Å²) in [5, 5.41) is 6.00. The topological polar surface area (TPSA) is 61.4 Å². The molecule has 0 saturated carbocycles. The summed E-state index contributed by atoms with van der Waals surface area (Å²) in [5.41, 5.74) is 0.395. The largest absolute Gasteiger partial charge is 0.353 e. The normalized spacial score (nSPS) is 18.2. The molecular weight excluding hydrogens is 369 g/mol. The van der Waals surface area contributed by atoms with Crippen LogP contribution in [0.25, 0.3) is 0 Å². The fraction of sp³-hybridized carbons (Fsp3) is 0.600. The number of piperidine rings is 1. The Balaban J connectivity index is 1.85. The van der Waals surface area contributed by atoms with Crippen LogP contribution >= 0.6 is 11.6 Å². The Morgan fingerprint density at radius 1 is 1.19 bits per heavy atom. The van der Waals surface area contributed by atoms with Crippen molar-refractivity contribution >= 4 is 29.1 Å². The quantitative estimate of drug-likeness (QED) is 0.769. The molecule has 0 spiro atoms. The molecule has 1 aromatic rings. The molecule has 0 aromatic heterocycles. The number of benzene rings is 1. The molecule has 150 valence electrons. The number of carbonyl (C=O) groups is 2. The maximum absolute atomic E-state index is 13.1. The number of rotatable bonds is 6. The van der Waals surface area contributed by atoms with Crippen LogP contribution in [-0.2, 0) is 9.59 Å². The highest BCUT2D eigenvalue weighted by Crippen LogP contribution is 2.24. The van der Waals surface area contributed by atoms with Crippen molar-refractivity contribution in [2.75, 3.05) is 18.4 Å². The smallest absolute Gasteiger partial charge is 0.241 e. The highest BCUT2D eigenvalue weighted by atomic mass is 35.5. The highest BCUT2D eigenvalue weighted by Gasteiger charge is 2.30. The Morgan fingerprint density at radius 3 is 2.37 bits per heavy atom. The van der Waals surface area contributed by atoms with E-state index < -0.39 is 5.82 Å². The summed E-state index contributed by atoms with van der Waals surface area (Å²) >= 11 is 5.97. The number of hydrogen-bond donors (Lipinski definition) is 2. The van der Waals surface area contributed by atoms with Gasteiger partial charge in [0.2, 0.25) is 11.8 Å². The van der Waals surface area contributed by atoms with Crippen molar-refractivity contribution in [2.24, 2.45) is 11.8 Å². The minimum absolute atomic E-state index is 0.00995. The van der Waals surface area contributed by atoms with Gasteiger partial charge in [0.1, 0.15) is 5.82 Å². The molecule has 5 nitrogen and oxygen atoms in total. The Morgan fingerprint density at radius 2 is 1.81 bits per heavy atom. The van der Waals surface area contributed by atoms with Crippen LogP contribution in [0.2, 0.25) is 5.02 Å². The standard InChI is InChI=1S/C20H29ClFN3O2/c1-12(2)13(3)23-20(27)15-7-9-25(10-8-15)14(4)19(26)24-18-6-5-16(22)11-17(18)21/h5-6,11-15H,7-10H2,1-4H3,(H,23,27)(H,24,26). The third kappa shape index (κ3) is 5.91. The summed E-state index contributed by atoms with van der Waals surface area (Å²) in [6.45, 7) is 9.38. The second-order valence-electron chi connectivity index (χ2n) is 7.64. The van der Waals surface area contributed by atoms with E-state index in [1.165, 1.54) is 18.2 Å². The number of nitrogens with one attached hydrogen (secondary N) is 2. The lowest BCUT2D eigenvalue weighted by molar-refractivity contribution is -0.128. The van der Waals surface area contributed by atoms with Crippen LogP contribution in [0.3, 0.4) is 0 Å². The van der Waals surface area contributed by atoms with Gasteiger partial charge in [-0.1, -0.05) is 25.4 Å². The van der Waals surface area contributed by atoms with Gasteiger partial charge in [0.15, 0.2) is 0 Å². The van der Waals surface area contributed by atoms with Gasteiger partial charge in [-0.25, -0.2) is 4.39 Å². The molecule has 0 radical (unpaired) electrons. The number of halogens is 2. The maximum Gasteiger partial charge on any atom is 0.241 e. The summed E-state index contributed by atoms with van der Waals surface area (Å²) < 4.78 is 13.1. The predicted octanol–water partition coefficient (Wildman–Crippen LogP) is 3.68. The average molecular weight is 398 g/mol. The van der Waals surface area contributed by atoms with Crippen LogP contribution in [-0.4, -0.2) is 41.9 Å². The first kappa shape index (κ1) is 21.6. The summed E-state index contributed by atoms with van der Waals surface area (Å²) in [4.78, 5) is 26.9. The third-order valence-electron chi connectivity index (χ3n) is 5.39. The fourth-order valence-electron chi connectivity index (χ4n) is 3.05. The minimum Gasteiger partial charge on any atom is -0.353 e. The van der Waals surface area contributed by atoms with E-state index in [9.17, 15) is 14.0 Å². The second kappa shape index (κ2) is 9.51. The van der Waals surface area contributed by atoms with Gasteiger partial charge in [-0.2, -0.15) is 0 Å². The van der Waals surface area contributed by atoms with Gasteiger partial charge in [-0.3, -0.25) is 14.5 Å². The zero-order valence-corrected chi connectivity index (χ0v) is 17.1. The lowest BCUT2D eigenvalue weighted by atomic mass is 9.94. The molecular formula is C20H29ClFN3O2. The molecule has 2 atom stereocenters. The number of anilines is 1. The molecule has 2 amide bonds. The van der Waals surface area contributed by atoms with Crippen molar-refractivity contribution < 1.29 is 14.0 Å². The van der Waals surface area contributed by atoms with E-state index in [2.05, 4.69) is 29.4 Å². The number of hydrogen-bond acceptors (Lipinski definition) is 3. The van der Waals surface area contributed by atoms with Crippen molar-refractivity contribution in [2.45, 2.75) is 52.6 Å². The zero-order chi connectivity index (χ0) is 20.1. The first-order valence-electron chi connectivity index (χ1n) is 9.49. The molecule has 2 rings (SSSR count). The molecule has 2 unspecified atom stereocenters. The van der Waals surface area contributed by atoms with Crippen LogP contribution in [0, 0.1) is 17.7 Å². The first-order chi connectivity index (χ1) is 12.7. The zero-order valence-electron chi connectivity index (χ0n) is 16.4. The van der Waals surface area contributed by atoms with Gasteiger partial charge >= 0.3 is 0 Å². The number of carbonyl (C=O) groups excluding carboxylic acids is 2. The lowest BCUT2D eigenvalue weighted by Crippen LogP contribution is -2.49. The van der Waals surface area contributed by atoms with Gasteiger partial charge in [0.25, 0.3) is 0 Å². The van der Waals surface area contributed by atoms with E-state index in [-0.39, 0.29) is 34.8 Å². The summed E-state index contributed by atoms with van der Waals surface area (Å²) in [6.07, 6.45) is 1.46. The molecule has 1 aromatic carbocycles. The van der Waals surface area contributed by atoms with Crippen LogP contribution in [0.5, 0.6) is 0 Å². The van der Waals surface area contributed by atoms with E-state index >= 15 is 0 Å². The van der Waals surface area contributed by atoms with Gasteiger partial charge in [-0.05, 0) is 63.9 Å². The summed E-state index contributed by atoms with van der Waals surface area (Å²) in [5.74, 6) is -0.149. The molecule has 0 aliphatic carbocycles. The summed E-state index contributed by atoms with van der Waals surface area (Å²) in [7, 11) is 0. The molecule has 1 heterocycles. The molecule has 1 saturated heterocycles. The Kier molecular flexibility index (Phi) is 7.62. The van der Waals surface area contributed by atoms with E-state index in [4.69, 9.17) is 11.6 Å². The average Bonchev–Trinajstić information content (AvgIpc) is 2.63. The van der Waals surface area contributed by atoms with Crippen molar-refractivity contribution in [3.63, 3.8) is 0 Å². The Labute approximate surface area is 165 Å². The molecule has 7 heteroatoms. The van der Waals surface area contributed by atoms with Crippen LogP contribution in [0.1, 0.15) is 40.5 Å². The predicted molar refractivity (Wildman–Crippen MR) is 106 cm³/mol. The molecule has 1 aliphatic heterocycles. The van der Waals surface area contributed by atoms with Crippen LogP contribution < -0.4 is 10.6 Å². The third-order valence-corrected chi connectivity index (χ3v) is 5.70. The van der Waals surface area contributed by atoms with E-state index in [1.54, 1.807) is 0 Å². The fourth-order valence-corrected chi connectivity index (χ4v) is 3.27. The molecule has 1 fully saturated rings. The first-order valence-corrected chi connectivity index (χ1v) is 9.87. The lowest BCUT2D eigenvalue weighted by Gasteiger charge is -2.35. The Bertz CT molecular complexity index is 675. The van der Waals surface area contributed by atoms with Crippen molar-refractivity contribution in [3.05, 3.63) is 29.0 Å². The highest BCUT2D eigenvalue weighted by molar-refractivity contribution is 6.33. The number of nitrogens with zero attached hydrogens (tertiary/aromatic N) is 1. The summed E-state index contributed by atoms with van der Waals surface area (Å²) in [6, 6.07) is 3.68. The van der Waals surface area contributed by atoms with Crippen molar-refractivity contribution in [1.82, 2.24) is 10.2 Å². The molecule has 1 aliphatic rings. The van der Waals surface area contributed by atoms with Gasteiger partial charge in [0, 0.05) is 12.0 Å². The van der Waals surface area contributed by atoms with Crippen LogP contribution in [0.15, 0.2) is 18.2 Å². The SMILES string of the molecule is CC(C)C(C)NC(=O)C1CCN(C(C)C(=O)Nc2ccc(F)cc2Cl)CC1. The van der Waals surface area contributed by atoms with Crippen molar-refractivity contribution in [1.29, 1.82) is 0 Å². The van der Waals surface area contributed by atoms with Crippen molar-refractivity contribution in [3.8, 4) is 0 Å². The Hall–Kier alpha value is -1.66. The number of amides is 2. The molecule has 0 bridgehead atoms. The van der Waals surface area contributed by atoms with E-state index in [1.807, 2.05) is 13.8 Å². The van der Waals surface area contributed by atoms with Gasteiger partial charge in [-0.15, -0.1) is 0 Å². The molecule has 2 N–H and O–H groups in total. The monoisotopic (exact) mass is 397 g/mol. The van der Waals surface area contributed by atoms with Gasteiger partial charge < -0.3 is 10.6 Å². The number of likely N-dealkylation sites (tertiary alicyclic amines) is 1. The molecule has 27 heavy (non-hydrogen) atoms. The minimum atomic E-state index is -0.446. The van der Waals surface area contributed by atoms with Gasteiger partial charge in [0.05, 0.1) is 16.8 Å². The van der Waals surface area contributed by atoms with Crippen LogP contribution in [0.4, 0.5) is 10.1 Å².